The van der Waals surface area contributed by atoms with Gasteiger partial charge in [0.1, 0.15) is 11.5 Å². The minimum atomic E-state index is 0.512. The predicted molar refractivity (Wildman–Crippen MR) is 54.3 cm³/mol. The van der Waals surface area contributed by atoms with E-state index in [1.54, 1.807) is 18.6 Å². The molecule has 2 rings (SSSR count). The number of likely N-dealkylation sites (tertiary alicyclic amines) is 1. The molecule has 0 aromatic carbocycles. The van der Waals surface area contributed by atoms with Crippen molar-refractivity contribution in [3.8, 4) is 0 Å². The first-order chi connectivity index (χ1) is 6.88. The highest BCUT2D eigenvalue weighted by Crippen LogP contribution is 2.10. The van der Waals surface area contributed by atoms with Crippen LogP contribution in [0.4, 0.5) is 0 Å². The summed E-state index contributed by atoms with van der Waals surface area (Å²) >= 11 is 0. The summed E-state index contributed by atoms with van der Waals surface area (Å²) in [4.78, 5) is 10.2. The molecular weight excluding hydrogens is 176 g/mol. The molecule has 2 heterocycles. The lowest BCUT2D eigenvalue weighted by Gasteiger charge is -2.28. The molecular formula is C10H14N4. The van der Waals surface area contributed by atoms with Gasteiger partial charge < -0.3 is 4.90 Å². The second-order valence-electron chi connectivity index (χ2n) is 3.49. The maximum atomic E-state index is 7.95. The average Bonchev–Trinajstić information content (AvgIpc) is 2.30. The SMILES string of the molecule is N=C(c1cnccn1)N1CCCCC1. The van der Waals surface area contributed by atoms with E-state index in [1.165, 1.54) is 19.3 Å². The number of hydrogen-bond donors (Lipinski definition) is 1. The molecule has 4 nitrogen and oxygen atoms in total. The van der Waals surface area contributed by atoms with Crippen LogP contribution >= 0.6 is 0 Å². The molecule has 1 fully saturated rings. The fourth-order valence-corrected chi connectivity index (χ4v) is 1.70. The van der Waals surface area contributed by atoms with Crippen molar-refractivity contribution in [3.63, 3.8) is 0 Å². The van der Waals surface area contributed by atoms with Crippen LogP contribution in [0, 0.1) is 5.41 Å². The Morgan fingerprint density at radius 3 is 2.64 bits per heavy atom. The summed E-state index contributed by atoms with van der Waals surface area (Å²) in [6, 6.07) is 0. The first-order valence-electron chi connectivity index (χ1n) is 4.98. The summed E-state index contributed by atoms with van der Waals surface area (Å²) in [5.74, 6) is 0.512. The van der Waals surface area contributed by atoms with Crippen LogP contribution < -0.4 is 0 Å². The number of nitrogens with zero attached hydrogens (tertiary/aromatic N) is 3. The minimum absolute atomic E-state index is 0.512. The van der Waals surface area contributed by atoms with Crippen molar-refractivity contribution >= 4 is 5.84 Å². The zero-order chi connectivity index (χ0) is 9.80. The second-order valence-corrected chi connectivity index (χ2v) is 3.49. The van der Waals surface area contributed by atoms with Gasteiger partial charge in [0.05, 0.1) is 6.20 Å². The van der Waals surface area contributed by atoms with E-state index in [4.69, 9.17) is 5.41 Å². The van der Waals surface area contributed by atoms with Gasteiger partial charge in [0.25, 0.3) is 0 Å². The highest BCUT2D eigenvalue weighted by atomic mass is 15.2. The van der Waals surface area contributed by atoms with Crippen molar-refractivity contribution in [1.29, 1.82) is 5.41 Å². The van der Waals surface area contributed by atoms with Gasteiger partial charge in [-0.3, -0.25) is 10.4 Å². The van der Waals surface area contributed by atoms with E-state index in [-0.39, 0.29) is 0 Å². The van der Waals surface area contributed by atoms with Crippen LogP contribution in [-0.2, 0) is 0 Å². The lowest BCUT2D eigenvalue weighted by molar-refractivity contribution is 0.340. The normalized spacial score (nSPS) is 16.7. The fourth-order valence-electron chi connectivity index (χ4n) is 1.70. The molecule has 0 saturated carbocycles. The summed E-state index contributed by atoms with van der Waals surface area (Å²) < 4.78 is 0. The van der Waals surface area contributed by atoms with E-state index in [1.807, 2.05) is 0 Å². The molecule has 4 heteroatoms. The minimum Gasteiger partial charge on any atom is -0.355 e. The smallest absolute Gasteiger partial charge is 0.148 e. The van der Waals surface area contributed by atoms with Crippen molar-refractivity contribution < 1.29 is 0 Å². The van der Waals surface area contributed by atoms with E-state index in [0.717, 1.165) is 13.1 Å². The van der Waals surface area contributed by atoms with Gasteiger partial charge in [-0.1, -0.05) is 0 Å². The maximum Gasteiger partial charge on any atom is 0.148 e. The third-order valence-electron chi connectivity index (χ3n) is 2.48. The Morgan fingerprint density at radius 2 is 2.00 bits per heavy atom. The topological polar surface area (TPSA) is 52.9 Å². The van der Waals surface area contributed by atoms with Gasteiger partial charge in [0, 0.05) is 25.5 Å². The van der Waals surface area contributed by atoms with Crippen LogP contribution in [0.5, 0.6) is 0 Å². The van der Waals surface area contributed by atoms with E-state index >= 15 is 0 Å². The summed E-state index contributed by atoms with van der Waals surface area (Å²) in [6.07, 6.45) is 8.56. The highest BCUT2D eigenvalue weighted by Gasteiger charge is 2.15. The van der Waals surface area contributed by atoms with Crippen molar-refractivity contribution in [1.82, 2.24) is 14.9 Å². The van der Waals surface area contributed by atoms with Crippen LogP contribution in [-0.4, -0.2) is 33.8 Å². The number of hydrogen-bond acceptors (Lipinski definition) is 3. The van der Waals surface area contributed by atoms with Crippen molar-refractivity contribution in [2.45, 2.75) is 19.3 Å². The Morgan fingerprint density at radius 1 is 1.21 bits per heavy atom. The van der Waals surface area contributed by atoms with Gasteiger partial charge in [-0.15, -0.1) is 0 Å². The maximum absolute atomic E-state index is 7.95. The molecule has 1 aliphatic rings. The summed E-state index contributed by atoms with van der Waals surface area (Å²) in [5, 5.41) is 7.95. The Balaban J connectivity index is 2.07. The number of rotatable bonds is 1. The molecule has 0 unspecified atom stereocenters. The van der Waals surface area contributed by atoms with Gasteiger partial charge in [-0.2, -0.15) is 0 Å². The molecule has 0 spiro atoms. The third-order valence-corrected chi connectivity index (χ3v) is 2.48. The molecule has 0 radical (unpaired) electrons. The molecule has 1 aliphatic heterocycles. The van der Waals surface area contributed by atoms with Crippen LogP contribution in [0.15, 0.2) is 18.6 Å². The first kappa shape index (κ1) is 9.12. The van der Waals surface area contributed by atoms with Crippen LogP contribution in [0.2, 0.25) is 0 Å². The molecule has 1 N–H and O–H groups in total. The first-order valence-corrected chi connectivity index (χ1v) is 4.98. The van der Waals surface area contributed by atoms with Gasteiger partial charge in [0.15, 0.2) is 0 Å². The quantitative estimate of drug-likeness (QED) is 0.536. The molecule has 1 aromatic heterocycles. The molecule has 0 amide bonds. The predicted octanol–water partition coefficient (Wildman–Crippen LogP) is 1.29. The van der Waals surface area contributed by atoms with Crippen LogP contribution in [0.25, 0.3) is 0 Å². The molecule has 0 aliphatic carbocycles. The van der Waals surface area contributed by atoms with Crippen molar-refractivity contribution in [2.24, 2.45) is 0 Å². The van der Waals surface area contributed by atoms with Gasteiger partial charge in [0.2, 0.25) is 0 Å². The molecule has 0 bridgehead atoms. The van der Waals surface area contributed by atoms with Crippen molar-refractivity contribution in [3.05, 3.63) is 24.3 Å². The standard InChI is InChI=1S/C10H14N4/c11-10(9-8-12-4-5-13-9)14-6-2-1-3-7-14/h4-5,8,11H,1-3,6-7H2. The number of nitrogens with one attached hydrogen (secondary N) is 1. The Kier molecular flexibility index (Phi) is 2.72. The number of piperidine rings is 1. The van der Waals surface area contributed by atoms with E-state index < -0.39 is 0 Å². The summed E-state index contributed by atoms with van der Waals surface area (Å²) in [5.41, 5.74) is 0.675. The molecule has 0 atom stereocenters. The third kappa shape index (κ3) is 1.89. The van der Waals surface area contributed by atoms with Gasteiger partial charge >= 0.3 is 0 Å². The molecule has 1 saturated heterocycles. The zero-order valence-electron chi connectivity index (χ0n) is 8.11. The van der Waals surface area contributed by atoms with Crippen LogP contribution in [0.3, 0.4) is 0 Å². The monoisotopic (exact) mass is 190 g/mol. The molecule has 1 aromatic rings. The Bertz CT molecular complexity index is 303. The average molecular weight is 190 g/mol. The highest BCUT2D eigenvalue weighted by molar-refractivity contribution is 5.94. The fraction of sp³-hybridized carbons (Fsp3) is 0.500. The molecule has 74 valence electrons. The zero-order valence-corrected chi connectivity index (χ0v) is 8.11. The van der Waals surface area contributed by atoms with Crippen LogP contribution in [0.1, 0.15) is 25.0 Å². The second kappa shape index (κ2) is 4.17. The largest absolute Gasteiger partial charge is 0.355 e. The Hall–Kier alpha value is -1.45. The lowest BCUT2D eigenvalue weighted by Crippen LogP contribution is -2.36. The Labute approximate surface area is 83.5 Å². The lowest BCUT2D eigenvalue weighted by atomic mass is 10.1. The van der Waals surface area contributed by atoms with Crippen molar-refractivity contribution in [2.75, 3.05) is 13.1 Å². The number of amidine groups is 1. The van der Waals surface area contributed by atoms with E-state index in [9.17, 15) is 0 Å². The van der Waals surface area contributed by atoms with Gasteiger partial charge in [-0.05, 0) is 19.3 Å². The summed E-state index contributed by atoms with van der Waals surface area (Å²) in [7, 11) is 0. The van der Waals surface area contributed by atoms with E-state index in [0.29, 0.717) is 11.5 Å². The number of aromatic nitrogens is 2. The van der Waals surface area contributed by atoms with E-state index in [2.05, 4.69) is 14.9 Å². The molecule has 14 heavy (non-hydrogen) atoms. The summed E-state index contributed by atoms with van der Waals surface area (Å²) in [6.45, 7) is 1.96. The van der Waals surface area contributed by atoms with Gasteiger partial charge in [-0.25, -0.2) is 4.98 Å².